The summed E-state index contributed by atoms with van der Waals surface area (Å²) >= 11 is 4.18. The highest BCUT2D eigenvalue weighted by atomic mass is 32.1. The molecule has 2 unspecified atom stereocenters. The molecule has 0 radical (unpaired) electrons. The van der Waals surface area contributed by atoms with Gasteiger partial charge in [0.25, 0.3) is 0 Å². The van der Waals surface area contributed by atoms with Crippen molar-refractivity contribution in [3.8, 4) is 0 Å². The second kappa shape index (κ2) is 2.90. The first-order chi connectivity index (χ1) is 4.20. The van der Waals surface area contributed by atoms with E-state index in [1.807, 2.05) is 0 Å². The van der Waals surface area contributed by atoms with Crippen molar-refractivity contribution in [2.24, 2.45) is 11.7 Å². The predicted molar refractivity (Wildman–Crippen MR) is 42.6 cm³/mol. The molecule has 0 amide bonds. The van der Waals surface area contributed by atoms with Crippen LogP contribution >= 0.6 is 12.6 Å². The van der Waals surface area contributed by atoms with E-state index in [2.05, 4.69) is 24.6 Å². The second-order valence-electron chi connectivity index (χ2n) is 2.80. The van der Waals surface area contributed by atoms with Crippen LogP contribution in [0.5, 0.6) is 0 Å². The zero-order valence-electron chi connectivity index (χ0n) is 5.75. The number of thiol groups is 1. The standard InChI is InChI=1S/C6H14N2S/c1-8-3-2-5(4-8)6(7)9/h5-6,9H,2-4,7H2,1H3. The molecule has 1 aliphatic rings. The summed E-state index contributed by atoms with van der Waals surface area (Å²) < 4.78 is 0. The van der Waals surface area contributed by atoms with Gasteiger partial charge in [-0.2, -0.15) is 12.6 Å². The van der Waals surface area contributed by atoms with Gasteiger partial charge in [-0.05, 0) is 25.9 Å². The summed E-state index contributed by atoms with van der Waals surface area (Å²) in [5.74, 6) is 0.610. The lowest BCUT2D eigenvalue weighted by atomic mass is 10.1. The van der Waals surface area contributed by atoms with Gasteiger partial charge in [0.15, 0.2) is 0 Å². The first-order valence-electron chi connectivity index (χ1n) is 3.32. The number of nitrogens with zero attached hydrogens (tertiary/aromatic N) is 1. The first-order valence-corrected chi connectivity index (χ1v) is 3.84. The molecular formula is C6H14N2S. The zero-order chi connectivity index (χ0) is 6.85. The van der Waals surface area contributed by atoms with E-state index in [9.17, 15) is 0 Å². The van der Waals surface area contributed by atoms with Crippen LogP contribution in [0.3, 0.4) is 0 Å². The Morgan fingerprint density at radius 2 is 2.44 bits per heavy atom. The molecule has 3 heteroatoms. The molecule has 0 bridgehead atoms. The lowest BCUT2D eigenvalue weighted by Gasteiger charge is -2.12. The number of hydrogen-bond donors (Lipinski definition) is 2. The van der Waals surface area contributed by atoms with E-state index in [0.29, 0.717) is 5.92 Å². The number of hydrogen-bond acceptors (Lipinski definition) is 3. The van der Waals surface area contributed by atoms with Crippen molar-refractivity contribution >= 4 is 12.6 Å². The minimum Gasteiger partial charge on any atom is -0.319 e. The van der Waals surface area contributed by atoms with Crippen LogP contribution in [0.1, 0.15) is 6.42 Å². The lowest BCUT2D eigenvalue weighted by molar-refractivity contribution is 0.393. The second-order valence-corrected chi connectivity index (χ2v) is 3.40. The highest BCUT2D eigenvalue weighted by Gasteiger charge is 2.22. The van der Waals surface area contributed by atoms with Crippen LogP contribution in [0.25, 0.3) is 0 Å². The van der Waals surface area contributed by atoms with Gasteiger partial charge in [0.1, 0.15) is 0 Å². The van der Waals surface area contributed by atoms with Gasteiger partial charge in [-0.15, -0.1) is 0 Å². The van der Waals surface area contributed by atoms with Crippen molar-refractivity contribution in [1.29, 1.82) is 0 Å². The Labute approximate surface area is 61.8 Å². The van der Waals surface area contributed by atoms with Crippen LogP contribution in [-0.2, 0) is 0 Å². The van der Waals surface area contributed by atoms with Crippen LogP contribution in [0.4, 0.5) is 0 Å². The van der Waals surface area contributed by atoms with Gasteiger partial charge in [-0.1, -0.05) is 0 Å². The summed E-state index contributed by atoms with van der Waals surface area (Å²) in [7, 11) is 2.12. The molecule has 0 aliphatic carbocycles. The fraction of sp³-hybridized carbons (Fsp3) is 1.00. The van der Waals surface area contributed by atoms with Gasteiger partial charge < -0.3 is 10.6 Å². The molecule has 1 rings (SSSR count). The fourth-order valence-corrected chi connectivity index (χ4v) is 1.49. The molecule has 2 nitrogen and oxygen atoms in total. The Morgan fingerprint density at radius 3 is 2.67 bits per heavy atom. The summed E-state index contributed by atoms with van der Waals surface area (Å²) in [6.07, 6.45) is 1.21. The third-order valence-corrected chi connectivity index (χ3v) is 2.33. The van der Waals surface area contributed by atoms with E-state index in [1.165, 1.54) is 13.0 Å². The summed E-state index contributed by atoms with van der Waals surface area (Å²) in [5, 5.41) is 0.0787. The average molecular weight is 146 g/mol. The van der Waals surface area contributed by atoms with E-state index in [4.69, 9.17) is 5.73 Å². The maximum Gasteiger partial charge on any atom is 0.0518 e. The third-order valence-electron chi connectivity index (χ3n) is 1.91. The summed E-state index contributed by atoms with van der Waals surface area (Å²) in [5.41, 5.74) is 5.60. The molecule has 54 valence electrons. The molecule has 1 fully saturated rings. The Hall–Kier alpha value is 0.270. The first kappa shape index (κ1) is 7.38. The van der Waals surface area contributed by atoms with Gasteiger partial charge in [0.05, 0.1) is 5.37 Å². The molecule has 0 aromatic carbocycles. The molecule has 0 saturated carbocycles. The van der Waals surface area contributed by atoms with Crippen molar-refractivity contribution in [3.63, 3.8) is 0 Å². The zero-order valence-corrected chi connectivity index (χ0v) is 6.64. The minimum atomic E-state index is 0.0787. The van der Waals surface area contributed by atoms with Gasteiger partial charge in [-0.25, -0.2) is 0 Å². The minimum absolute atomic E-state index is 0.0787. The van der Waals surface area contributed by atoms with Gasteiger partial charge in [-0.3, -0.25) is 0 Å². The third kappa shape index (κ3) is 1.85. The molecule has 9 heavy (non-hydrogen) atoms. The Kier molecular flexibility index (Phi) is 2.38. The highest BCUT2D eigenvalue weighted by molar-refractivity contribution is 7.80. The van der Waals surface area contributed by atoms with E-state index < -0.39 is 0 Å². The predicted octanol–water partition coefficient (Wildman–Crippen LogP) is 0.153. The molecule has 0 aromatic heterocycles. The molecule has 0 spiro atoms. The van der Waals surface area contributed by atoms with Gasteiger partial charge >= 0.3 is 0 Å². The Morgan fingerprint density at radius 1 is 1.78 bits per heavy atom. The van der Waals surface area contributed by atoms with Crippen LogP contribution in [0.2, 0.25) is 0 Å². The van der Waals surface area contributed by atoms with E-state index in [1.54, 1.807) is 0 Å². The van der Waals surface area contributed by atoms with Crippen LogP contribution in [-0.4, -0.2) is 30.4 Å². The number of nitrogens with two attached hydrogens (primary N) is 1. The topological polar surface area (TPSA) is 29.3 Å². The van der Waals surface area contributed by atoms with E-state index in [-0.39, 0.29) is 5.37 Å². The molecule has 1 saturated heterocycles. The summed E-state index contributed by atoms with van der Waals surface area (Å²) in [6, 6.07) is 0. The van der Waals surface area contributed by atoms with Crippen LogP contribution < -0.4 is 5.73 Å². The maximum absolute atomic E-state index is 5.60. The van der Waals surface area contributed by atoms with Crippen molar-refractivity contribution in [2.75, 3.05) is 20.1 Å². The van der Waals surface area contributed by atoms with Crippen molar-refractivity contribution < 1.29 is 0 Å². The smallest absolute Gasteiger partial charge is 0.0518 e. The summed E-state index contributed by atoms with van der Waals surface area (Å²) in [6.45, 7) is 2.30. The number of rotatable bonds is 1. The van der Waals surface area contributed by atoms with Gasteiger partial charge in [0, 0.05) is 6.54 Å². The lowest BCUT2D eigenvalue weighted by Crippen LogP contribution is -2.26. The Balaban J connectivity index is 2.30. The largest absolute Gasteiger partial charge is 0.319 e. The maximum atomic E-state index is 5.60. The van der Waals surface area contributed by atoms with Crippen LogP contribution in [0.15, 0.2) is 0 Å². The molecule has 2 atom stereocenters. The van der Waals surface area contributed by atoms with E-state index in [0.717, 1.165) is 6.54 Å². The molecule has 0 aromatic rings. The SMILES string of the molecule is CN1CCC(C(N)S)C1. The number of likely N-dealkylation sites (tertiary alicyclic amines) is 1. The van der Waals surface area contributed by atoms with E-state index >= 15 is 0 Å². The van der Waals surface area contributed by atoms with Gasteiger partial charge in [0.2, 0.25) is 0 Å². The molecule has 1 aliphatic heterocycles. The van der Waals surface area contributed by atoms with Crippen molar-refractivity contribution in [3.05, 3.63) is 0 Å². The van der Waals surface area contributed by atoms with Crippen molar-refractivity contribution in [1.82, 2.24) is 4.90 Å². The van der Waals surface area contributed by atoms with Crippen LogP contribution in [0, 0.1) is 5.92 Å². The average Bonchev–Trinajstić information content (AvgIpc) is 2.14. The quantitative estimate of drug-likeness (QED) is 0.407. The Bertz CT molecular complexity index is 95.1. The summed E-state index contributed by atoms with van der Waals surface area (Å²) in [4.78, 5) is 2.29. The molecule has 1 heterocycles. The molecular weight excluding hydrogens is 132 g/mol. The monoisotopic (exact) mass is 146 g/mol. The molecule has 2 N–H and O–H groups in total. The normalized spacial score (nSPS) is 33.0. The van der Waals surface area contributed by atoms with Crippen molar-refractivity contribution in [2.45, 2.75) is 11.8 Å². The highest BCUT2D eigenvalue weighted by Crippen LogP contribution is 2.18. The fourth-order valence-electron chi connectivity index (χ4n) is 1.25.